The number of hydrogen-bond donors (Lipinski definition) is 5. The van der Waals surface area contributed by atoms with E-state index in [0.29, 0.717) is 25.8 Å². The van der Waals surface area contributed by atoms with Crippen LogP contribution in [-0.4, -0.2) is 100 Å². The molecule has 38 heavy (non-hydrogen) atoms. The molecule has 224 valence electrons. The van der Waals surface area contributed by atoms with Crippen LogP contribution in [0.3, 0.4) is 0 Å². The number of aliphatic hydroxyl groups excluding tert-OH is 3. The van der Waals surface area contributed by atoms with Crippen molar-refractivity contribution < 1.29 is 44.2 Å². The van der Waals surface area contributed by atoms with E-state index in [9.17, 15) is 25.2 Å². The third kappa shape index (κ3) is 8.33. The summed E-state index contributed by atoms with van der Waals surface area (Å²) in [6.45, 7) is 15.1. The van der Waals surface area contributed by atoms with Crippen LogP contribution >= 0.6 is 0 Å². The number of cyclic esters (lactones) is 1. The third-order valence-electron chi connectivity index (χ3n) is 8.46. The molecule has 0 bridgehead atoms. The molecule has 5 N–H and O–H groups in total. The SMILES string of the molecule is CC[C@H]1OC(=O)C(C)[C@@H](OC2C[C@@](C)(OC)C(O)[C@H](C)O2)[C@H](C)C[C@](C)(O)C[C@@H](C)CNC(C)C(O)C1O. The van der Waals surface area contributed by atoms with Gasteiger partial charge in [0.05, 0.1) is 35.4 Å². The first-order chi connectivity index (χ1) is 17.5. The van der Waals surface area contributed by atoms with Gasteiger partial charge in [0.1, 0.15) is 18.3 Å². The van der Waals surface area contributed by atoms with Gasteiger partial charge in [0.15, 0.2) is 6.29 Å². The third-order valence-corrected chi connectivity index (χ3v) is 8.46. The zero-order valence-electron chi connectivity index (χ0n) is 24.7. The largest absolute Gasteiger partial charge is 0.459 e. The first-order valence-corrected chi connectivity index (χ1v) is 14.1. The average Bonchev–Trinajstić information content (AvgIpc) is 2.84. The molecule has 2 heterocycles. The van der Waals surface area contributed by atoms with E-state index in [4.69, 9.17) is 18.9 Å². The molecule has 10 heteroatoms. The maximum absolute atomic E-state index is 13.4. The van der Waals surface area contributed by atoms with Gasteiger partial charge >= 0.3 is 5.97 Å². The maximum atomic E-state index is 13.4. The molecule has 2 fully saturated rings. The number of rotatable bonds is 4. The molecule has 0 amide bonds. The first kappa shape index (κ1) is 33.4. The Hall–Kier alpha value is -0.850. The Balaban J connectivity index is 2.39. The van der Waals surface area contributed by atoms with Crippen molar-refractivity contribution in [1.29, 1.82) is 0 Å². The van der Waals surface area contributed by atoms with Crippen LogP contribution in [0.15, 0.2) is 0 Å². The fourth-order valence-corrected chi connectivity index (χ4v) is 6.04. The molecule has 0 aromatic rings. The lowest BCUT2D eigenvalue weighted by molar-refractivity contribution is -0.296. The summed E-state index contributed by atoms with van der Waals surface area (Å²) in [5.74, 6) is -1.53. The highest BCUT2D eigenvalue weighted by Gasteiger charge is 2.47. The lowest BCUT2D eigenvalue weighted by Crippen LogP contribution is -2.57. The maximum Gasteiger partial charge on any atom is 0.311 e. The first-order valence-electron chi connectivity index (χ1n) is 14.1. The van der Waals surface area contributed by atoms with Gasteiger partial charge in [-0.15, -0.1) is 0 Å². The Labute approximate surface area is 228 Å². The molecular formula is C28H53NO9. The number of hydrogen-bond acceptors (Lipinski definition) is 10. The Kier molecular flexibility index (Phi) is 12.0. The van der Waals surface area contributed by atoms with Crippen molar-refractivity contribution in [3.63, 3.8) is 0 Å². The van der Waals surface area contributed by atoms with Gasteiger partial charge in [0, 0.05) is 19.6 Å². The number of methoxy groups -OCH3 is 1. The van der Waals surface area contributed by atoms with Crippen molar-refractivity contribution in [3.8, 4) is 0 Å². The normalized spacial score (nSPS) is 48.6. The topological polar surface area (TPSA) is 147 Å². The summed E-state index contributed by atoms with van der Waals surface area (Å²) in [6, 6.07) is -0.446. The zero-order chi connectivity index (χ0) is 29.0. The standard InChI is InChI=1S/C28H53NO9/c1-10-20-23(31)22(30)18(5)29-14-15(2)11-27(7,34)12-16(3)24(17(4)26(33)37-20)38-21-13-28(8,35-9)25(32)19(6)36-21/h15-25,29-32,34H,10-14H2,1-9H3/t15-,16-,17?,18?,19+,20-,21?,22?,23?,24+,25?,27-,28-/m1/s1. The number of aliphatic hydroxyl groups is 4. The van der Waals surface area contributed by atoms with Gasteiger partial charge in [-0.3, -0.25) is 4.79 Å². The second-order valence-corrected chi connectivity index (χ2v) is 12.4. The second-order valence-electron chi connectivity index (χ2n) is 12.4. The number of nitrogens with one attached hydrogen (secondary N) is 1. The molecule has 2 rings (SSSR count). The van der Waals surface area contributed by atoms with E-state index >= 15 is 0 Å². The highest BCUT2D eigenvalue weighted by Crippen LogP contribution is 2.36. The fraction of sp³-hybridized carbons (Fsp3) is 0.964. The summed E-state index contributed by atoms with van der Waals surface area (Å²) in [7, 11) is 1.53. The average molecular weight is 548 g/mol. The van der Waals surface area contributed by atoms with Crippen LogP contribution in [0.2, 0.25) is 0 Å². The van der Waals surface area contributed by atoms with Crippen LogP contribution in [0.5, 0.6) is 0 Å². The van der Waals surface area contributed by atoms with Gasteiger partial charge < -0.3 is 44.7 Å². The lowest BCUT2D eigenvalue weighted by Gasteiger charge is -2.46. The molecule has 0 spiro atoms. The Morgan fingerprint density at radius 3 is 2.24 bits per heavy atom. The van der Waals surface area contributed by atoms with Crippen LogP contribution in [0, 0.1) is 17.8 Å². The molecule has 2 aliphatic heterocycles. The van der Waals surface area contributed by atoms with Crippen molar-refractivity contribution in [2.75, 3.05) is 13.7 Å². The quantitative estimate of drug-likeness (QED) is 0.330. The summed E-state index contributed by atoms with van der Waals surface area (Å²) in [5, 5.41) is 46.8. The lowest BCUT2D eigenvalue weighted by atomic mass is 9.80. The Bertz CT molecular complexity index is 752. The van der Waals surface area contributed by atoms with E-state index in [0.717, 1.165) is 0 Å². The van der Waals surface area contributed by atoms with Crippen LogP contribution in [-0.2, 0) is 23.7 Å². The summed E-state index contributed by atoms with van der Waals surface area (Å²) >= 11 is 0. The molecular weight excluding hydrogens is 494 g/mol. The van der Waals surface area contributed by atoms with Gasteiger partial charge in [-0.2, -0.15) is 0 Å². The van der Waals surface area contributed by atoms with Gasteiger partial charge in [0.25, 0.3) is 0 Å². The van der Waals surface area contributed by atoms with Gasteiger partial charge in [-0.1, -0.05) is 20.8 Å². The summed E-state index contributed by atoms with van der Waals surface area (Å²) in [5.41, 5.74) is -1.94. The van der Waals surface area contributed by atoms with E-state index in [2.05, 4.69) is 5.32 Å². The van der Waals surface area contributed by atoms with Crippen molar-refractivity contribution >= 4 is 5.97 Å². The Morgan fingerprint density at radius 2 is 1.66 bits per heavy atom. The summed E-state index contributed by atoms with van der Waals surface area (Å²) < 4.78 is 23.7. The zero-order valence-corrected chi connectivity index (χ0v) is 24.7. The predicted molar refractivity (Wildman–Crippen MR) is 142 cm³/mol. The second kappa shape index (κ2) is 13.7. The highest BCUT2D eigenvalue weighted by atomic mass is 16.7. The molecule has 6 unspecified atom stereocenters. The van der Waals surface area contributed by atoms with Crippen molar-refractivity contribution in [3.05, 3.63) is 0 Å². The summed E-state index contributed by atoms with van der Waals surface area (Å²) in [4.78, 5) is 13.4. The highest BCUT2D eigenvalue weighted by molar-refractivity contribution is 5.73. The van der Waals surface area contributed by atoms with Crippen molar-refractivity contribution in [1.82, 2.24) is 5.32 Å². The van der Waals surface area contributed by atoms with E-state index in [1.807, 2.05) is 13.8 Å². The number of ether oxygens (including phenoxy) is 4. The van der Waals surface area contributed by atoms with E-state index in [1.165, 1.54) is 7.11 Å². The monoisotopic (exact) mass is 547 g/mol. The van der Waals surface area contributed by atoms with E-state index < -0.39 is 72.0 Å². The number of esters is 1. The molecule has 0 radical (unpaired) electrons. The molecule has 0 aliphatic carbocycles. The molecule has 2 aliphatic rings. The van der Waals surface area contributed by atoms with Crippen LogP contribution < -0.4 is 5.32 Å². The minimum absolute atomic E-state index is 0.0807. The van der Waals surface area contributed by atoms with Gasteiger partial charge in [-0.05, 0) is 72.3 Å². The Morgan fingerprint density at radius 1 is 1.03 bits per heavy atom. The fourth-order valence-electron chi connectivity index (χ4n) is 6.04. The summed E-state index contributed by atoms with van der Waals surface area (Å²) in [6.07, 6.45) is -4.76. The molecule has 10 nitrogen and oxygen atoms in total. The molecule has 0 aromatic heterocycles. The minimum Gasteiger partial charge on any atom is -0.459 e. The van der Waals surface area contributed by atoms with Crippen molar-refractivity contribution in [2.24, 2.45) is 17.8 Å². The molecule has 0 aromatic carbocycles. The molecule has 2 saturated heterocycles. The molecule has 13 atom stereocenters. The number of carbonyl (C=O) groups is 1. The smallest absolute Gasteiger partial charge is 0.311 e. The number of carbonyl (C=O) groups excluding carboxylic acids is 1. The van der Waals surface area contributed by atoms with Crippen LogP contribution in [0.4, 0.5) is 0 Å². The van der Waals surface area contributed by atoms with Crippen LogP contribution in [0.25, 0.3) is 0 Å². The predicted octanol–water partition coefficient (Wildman–Crippen LogP) is 1.75. The minimum atomic E-state index is -1.27. The van der Waals surface area contributed by atoms with Gasteiger partial charge in [-0.25, -0.2) is 0 Å². The van der Waals surface area contributed by atoms with Crippen LogP contribution in [0.1, 0.15) is 81.1 Å². The van der Waals surface area contributed by atoms with Gasteiger partial charge in [0.2, 0.25) is 0 Å². The van der Waals surface area contributed by atoms with E-state index in [1.54, 1.807) is 41.5 Å². The van der Waals surface area contributed by atoms with Crippen molar-refractivity contribution in [2.45, 2.75) is 141 Å². The van der Waals surface area contributed by atoms with E-state index in [-0.39, 0.29) is 18.3 Å². The molecule has 0 saturated carbocycles.